The summed E-state index contributed by atoms with van der Waals surface area (Å²) in [6.45, 7) is 1.67. The smallest absolute Gasteiger partial charge is 0.429 e. The number of benzene rings is 2. The number of nitrogen functional groups attached to an aromatic ring is 1. The Morgan fingerprint density at radius 1 is 1.12 bits per heavy atom. The molecule has 2 atom stereocenters. The Hall–Kier alpha value is -4.59. The number of aliphatic carboxylic acids is 1. The number of fused-ring (bicyclic) bond motifs is 1. The molecular formula is C28H27F3N6O5. The Kier molecular flexibility index (Phi) is 6.80. The van der Waals surface area contributed by atoms with E-state index in [4.69, 9.17) is 14.9 Å². The third kappa shape index (κ3) is 5.49. The molecule has 4 aromatic rings. The number of carbonyl (C=O) groups is 1. The maximum Gasteiger partial charge on any atom is 0.429 e. The molecule has 0 bridgehead atoms. The first-order chi connectivity index (χ1) is 20.0. The van der Waals surface area contributed by atoms with Gasteiger partial charge in [0.1, 0.15) is 11.9 Å². The van der Waals surface area contributed by atoms with Crippen LogP contribution >= 0.6 is 0 Å². The van der Waals surface area contributed by atoms with Crippen molar-refractivity contribution in [2.45, 2.75) is 37.6 Å². The summed E-state index contributed by atoms with van der Waals surface area (Å²) in [4.78, 5) is 35.4. The first kappa shape index (κ1) is 27.6. The first-order valence-corrected chi connectivity index (χ1v) is 13.3. The summed E-state index contributed by atoms with van der Waals surface area (Å²) in [5, 5.41) is 12.4. The van der Waals surface area contributed by atoms with Crippen molar-refractivity contribution in [2.24, 2.45) is 5.41 Å². The highest BCUT2D eigenvalue weighted by molar-refractivity contribution is 5.80. The molecule has 6 rings (SSSR count). The van der Waals surface area contributed by atoms with Crippen molar-refractivity contribution in [3.05, 3.63) is 64.6 Å². The summed E-state index contributed by atoms with van der Waals surface area (Å²) in [5.41, 5.74) is 7.71. The predicted octanol–water partition coefficient (Wildman–Crippen LogP) is 3.88. The molecule has 0 aliphatic carbocycles. The molecule has 0 unspecified atom stereocenters. The average molecular weight is 585 g/mol. The Labute approximate surface area is 236 Å². The van der Waals surface area contributed by atoms with Gasteiger partial charge in [-0.05, 0) is 47.9 Å². The van der Waals surface area contributed by atoms with Crippen LogP contribution in [0.3, 0.4) is 0 Å². The van der Waals surface area contributed by atoms with Gasteiger partial charge in [-0.25, -0.2) is 4.79 Å². The second-order valence-corrected chi connectivity index (χ2v) is 10.8. The number of halogens is 3. The van der Waals surface area contributed by atoms with Gasteiger partial charge in [0.2, 0.25) is 17.9 Å². The zero-order valence-electron chi connectivity index (χ0n) is 22.1. The van der Waals surface area contributed by atoms with E-state index >= 15 is 0 Å². The number of aromatic nitrogens is 3. The molecule has 11 nitrogen and oxygen atoms in total. The number of rotatable bonds is 6. The van der Waals surface area contributed by atoms with Crippen molar-refractivity contribution < 1.29 is 32.2 Å². The van der Waals surface area contributed by atoms with E-state index in [1.165, 1.54) is 30.3 Å². The number of piperidine rings is 1. The largest absolute Gasteiger partial charge is 0.480 e. The zero-order chi connectivity index (χ0) is 29.6. The third-order valence-corrected chi connectivity index (χ3v) is 8.02. The molecule has 0 radical (unpaired) electrons. The molecule has 14 heteroatoms. The van der Waals surface area contributed by atoms with E-state index in [0.717, 1.165) is 0 Å². The fraction of sp³-hybridized carbons (Fsp3) is 0.357. The number of carboxylic acid groups (broad SMARTS) is 1. The number of oxazole rings is 1. The molecule has 2 aliphatic heterocycles. The molecule has 1 spiro atoms. The molecule has 2 saturated heterocycles. The number of ether oxygens (including phenoxy) is 1. The van der Waals surface area contributed by atoms with Crippen LogP contribution < -0.4 is 26.4 Å². The van der Waals surface area contributed by atoms with E-state index in [1.807, 2.05) is 4.90 Å². The lowest BCUT2D eigenvalue weighted by Gasteiger charge is -2.39. The van der Waals surface area contributed by atoms with E-state index in [1.54, 1.807) is 18.2 Å². The van der Waals surface area contributed by atoms with E-state index in [-0.39, 0.29) is 22.8 Å². The van der Waals surface area contributed by atoms with Crippen LogP contribution in [-0.4, -0.2) is 57.9 Å². The lowest BCUT2D eigenvalue weighted by molar-refractivity contribution is -0.198. The van der Waals surface area contributed by atoms with Crippen LogP contribution in [0, 0.1) is 5.41 Å². The second-order valence-electron chi connectivity index (χ2n) is 10.8. The number of nitrogens with two attached hydrogens (primary N) is 1. The average Bonchev–Trinajstić information content (AvgIpc) is 3.54. The van der Waals surface area contributed by atoms with Gasteiger partial charge >= 0.3 is 17.9 Å². The highest BCUT2D eigenvalue weighted by Crippen LogP contribution is 2.41. The summed E-state index contributed by atoms with van der Waals surface area (Å²) >= 11 is 0. The maximum atomic E-state index is 14.2. The third-order valence-electron chi connectivity index (χ3n) is 8.02. The molecule has 4 heterocycles. The molecular weight excluding hydrogens is 557 g/mol. The summed E-state index contributed by atoms with van der Waals surface area (Å²) in [6.07, 6.45) is -5.15. The number of nitrogens with zero attached hydrogens (tertiary/aromatic N) is 3. The van der Waals surface area contributed by atoms with E-state index < -0.39 is 30.0 Å². The number of H-pyrrole nitrogens is 1. The number of carboxylic acids is 1. The van der Waals surface area contributed by atoms with Gasteiger partial charge in [-0.3, -0.25) is 9.78 Å². The van der Waals surface area contributed by atoms with Crippen molar-refractivity contribution in [3.8, 4) is 17.0 Å². The molecule has 2 fully saturated rings. The normalized spacial score (nSPS) is 19.3. The summed E-state index contributed by atoms with van der Waals surface area (Å²) in [6, 6.07) is 11.5. The van der Waals surface area contributed by atoms with Gasteiger partial charge in [0.15, 0.2) is 5.58 Å². The summed E-state index contributed by atoms with van der Waals surface area (Å²) in [5.74, 6) is -1.66. The minimum absolute atomic E-state index is 0.138. The van der Waals surface area contributed by atoms with Crippen molar-refractivity contribution >= 4 is 28.8 Å². The van der Waals surface area contributed by atoms with Gasteiger partial charge in [0.25, 0.3) is 0 Å². The quantitative estimate of drug-likeness (QED) is 0.262. The molecule has 42 heavy (non-hydrogen) atoms. The monoisotopic (exact) mass is 584 g/mol. The van der Waals surface area contributed by atoms with Crippen LogP contribution in [0.15, 0.2) is 57.7 Å². The van der Waals surface area contributed by atoms with Crippen LogP contribution in [0.4, 0.5) is 24.9 Å². The van der Waals surface area contributed by atoms with Gasteiger partial charge in [-0.15, -0.1) is 0 Å². The number of alkyl halides is 3. The standard InChI is InChI=1S/C28H27F3N6O5/c29-28(30,31)23(16-3-1-15(2-4-16)17-5-6-18-20(11-17)41-26(40)34-18)42-22-12-21(35-25(32)36-22)37-9-7-27(8-10-37)13-19(24(38)39)33-14-27/h1-6,11-12,19,23,33H,7-10,13-14H2,(H,34,40)(H,38,39)(H2,32,35,36)/t19-,23+/m0/s1. The minimum Gasteiger partial charge on any atom is -0.480 e. The van der Waals surface area contributed by atoms with Gasteiger partial charge < -0.3 is 30.2 Å². The lowest BCUT2D eigenvalue weighted by atomic mass is 9.76. The van der Waals surface area contributed by atoms with Crippen molar-refractivity contribution in [2.75, 3.05) is 30.3 Å². The van der Waals surface area contributed by atoms with E-state index in [0.29, 0.717) is 66.9 Å². The Morgan fingerprint density at radius 3 is 2.50 bits per heavy atom. The highest BCUT2D eigenvalue weighted by atomic mass is 19.4. The second kappa shape index (κ2) is 10.4. The van der Waals surface area contributed by atoms with Crippen LogP contribution in [-0.2, 0) is 4.79 Å². The molecule has 2 aliphatic rings. The fourth-order valence-electron chi connectivity index (χ4n) is 5.76. The summed E-state index contributed by atoms with van der Waals surface area (Å²) in [7, 11) is 0. The Bertz CT molecular complexity index is 1680. The maximum absolute atomic E-state index is 14.2. The number of anilines is 2. The SMILES string of the molecule is Nc1nc(O[C@H](c2ccc(-c3ccc4[nH]c(=O)oc4c3)cc2)C(F)(F)F)cc(N2CCC3(CC2)CN[C@H](C(=O)O)C3)n1. The molecule has 5 N–H and O–H groups in total. The molecule has 220 valence electrons. The van der Waals surface area contributed by atoms with Crippen LogP contribution in [0.25, 0.3) is 22.2 Å². The van der Waals surface area contributed by atoms with Crippen molar-refractivity contribution in [1.29, 1.82) is 0 Å². The molecule has 2 aromatic carbocycles. The number of hydrogen-bond acceptors (Lipinski definition) is 9. The molecule has 0 saturated carbocycles. The van der Waals surface area contributed by atoms with Crippen molar-refractivity contribution in [3.63, 3.8) is 0 Å². The fourth-order valence-corrected chi connectivity index (χ4v) is 5.76. The first-order valence-electron chi connectivity index (χ1n) is 13.3. The Balaban J connectivity index is 1.19. The van der Waals surface area contributed by atoms with Gasteiger partial charge in [0, 0.05) is 31.3 Å². The van der Waals surface area contributed by atoms with Crippen LogP contribution in [0.1, 0.15) is 30.9 Å². The van der Waals surface area contributed by atoms with E-state index in [9.17, 15) is 27.9 Å². The minimum atomic E-state index is -4.76. The van der Waals surface area contributed by atoms with Crippen LogP contribution in [0.2, 0.25) is 0 Å². The van der Waals surface area contributed by atoms with Gasteiger partial charge in [-0.2, -0.15) is 23.1 Å². The number of aromatic amines is 1. The summed E-state index contributed by atoms with van der Waals surface area (Å²) < 4.78 is 53.1. The van der Waals surface area contributed by atoms with Crippen LogP contribution in [0.5, 0.6) is 5.88 Å². The van der Waals surface area contributed by atoms with Crippen molar-refractivity contribution in [1.82, 2.24) is 20.3 Å². The van der Waals surface area contributed by atoms with Gasteiger partial charge in [-0.1, -0.05) is 30.3 Å². The zero-order valence-corrected chi connectivity index (χ0v) is 22.1. The number of nitrogens with one attached hydrogen (secondary N) is 2. The predicted molar refractivity (Wildman–Crippen MR) is 146 cm³/mol. The number of hydrogen-bond donors (Lipinski definition) is 4. The lowest BCUT2D eigenvalue weighted by Crippen LogP contribution is -2.41. The van der Waals surface area contributed by atoms with E-state index in [2.05, 4.69) is 20.3 Å². The Morgan fingerprint density at radius 2 is 1.83 bits per heavy atom. The van der Waals surface area contributed by atoms with Gasteiger partial charge in [0.05, 0.1) is 5.52 Å². The molecule has 0 amide bonds. The topological polar surface area (TPSA) is 160 Å². The molecule has 2 aromatic heterocycles. The highest BCUT2D eigenvalue weighted by Gasteiger charge is 2.45.